The lowest BCUT2D eigenvalue weighted by Gasteiger charge is -2.15. The summed E-state index contributed by atoms with van der Waals surface area (Å²) in [6, 6.07) is 6.91. The molecule has 1 nitrogen and oxygen atoms in total. The van der Waals surface area contributed by atoms with Crippen molar-refractivity contribution in [2.75, 3.05) is 0 Å². The molecule has 14 heavy (non-hydrogen) atoms. The SMILES string of the molecule is CCc1ccc(CC)c(C(N)CC)c1. The number of rotatable bonds is 4. The van der Waals surface area contributed by atoms with Crippen LogP contribution < -0.4 is 5.73 Å². The summed E-state index contributed by atoms with van der Waals surface area (Å²) in [5, 5.41) is 0. The van der Waals surface area contributed by atoms with Gasteiger partial charge in [-0.2, -0.15) is 0 Å². The van der Waals surface area contributed by atoms with Crippen molar-refractivity contribution >= 4 is 0 Å². The highest BCUT2D eigenvalue weighted by Gasteiger charge is 2.08. The van der Waals surface area contributed by atoms with E-state index >= 15 is 0 Å². The van der Waals surface area contributed by atoms with Gasteiger partial charge in [0.1, 0.15) is 0 Å². The standard InChI is InChI=1S/C13H21N/c1-4-10-7-8-11(5-2)12(9-10)13(14)6-3/h7-9,13H,4-6,14H2,1-3H3. The Bertz CT molecular complexity index is 291. The highest BCUT2D eigenvalue weighted by Crippen LogP contribution is 2.21. The molecule has 1 aromatic carbocycles. The molecule has 0 aliphatic heterocycles. The third-order valence-corrected chi connectivity index (χ3v) is 2.84. The van der Waals surface area contributed by atoms with E-state index < -0.39 is 0 Å². The molecule has 1 rings (SSSR count). The van der Waals surface area contributed by atoms with Crippen molar-refractivity contribution in [1.29, 1.82) is 0 Å². The van der Waals surface area contributed by atoms with E-state index in [4.69, 9.17) is 5.73 Å². The van der Waals surface area contributed by atoms with Gasteiger partial charge in [-0.15, -0.1) is 0 Å². The van der Waals surface area contributed by atoms with Crippen LogP contribution in [0, 0.1) is 0 Å². The maximum atomic E-state index is 6.09. The van der Waals surface area contributed by atoms with Crippen LogP contribution in [0.5, 0.6) is 0 Å². The normalized spacial score (nSPS) is 12.9. The van der Waals surface area contributed by atoms with Crippen molar-refractivity contribution in [2.45, 2.75) is 46.1 Å². The van der Waals surface area contributed by atoms with Crippen molar-refractivity contribution in [3.63, 3.8) is 0 Å². The average Bonchev–Trinajstić information content (AvgIpc) is 2.27. The smallest absolute Gasteiger partial charge is 0.0295 e. The van der Waals surface area contributed by atoms with Gasteiger partial charge in [-0.25, -0.2) is 0 Å². The van der Waals surface area contributed by atoms with Gasteiger partial charge < -0.3 is 5.73 Å². The summed E-state index contributed by atoms with van der Waals surface area (Å²) in [6.07, 6.45) is 3.18. The maximum Gasteiger partial charge on any atom is 0.0295 e. The minimum absolute atomic E-state index is 0.205. The van der Waals surface area contributed by atoms with Crippen LogP contribution in [-0.2, 0) is 12.8 Å². The number of nitrogens with two attached hydrogens (primary N) is 1. The van der Waals surface area contributed by atoms with Gasteiger partial charge in [0.15, 0.2) is 0 Å². The van der Waals surface area contributed by atoms with Gasteiger partial charge in [-0.1, -0.05) is 39.0 Å². The van der Waals surface area contributed by atoms with Crippen molar-refractivity contribution in [1.82, 2.24) is 0 Å². The second-order valence-electron chi connectivity index (χ2n) is 3.76. The number of benzene rings is 1. The van der Waals surface area contributed by atoms with Crippen molar-refractivity contribution in [2.24, 2.45) is 5.73 Å². The summed E-state index contributed by atoms with van der Waals surface area (Å²) in [4.78, 5) is 0. The first kappa shape index (κ1) is 11.3. The topological polar surface area (TPSA) is 26.0 Å². The van der Waals surface area contributed by atoms with Crippen molar-refractivity contribution in [3.8, 4) is 0 Å². The Kier molecular flexibility index (Phi) is 4.15. The highest BCUT2D eigenvalue weighted by atomic mass is 14.6. The fourth-order valence-corrected chi connectivity index (χ4v) is 1.75. The second-order valence-corrected chi connectivity index (χ2v) is 3.76. The Morgan fingerprint density at radius 2 is 1.86 bits per heavy atom. The first-order valence-electron chi connectivity index (χ1n) is 5.60. The zero-order valence-electron chi connectivity index (χ0n) is 9.51. The van der Waals surface area contributed by atoms with Crippen molar-refractivity contribution in [3.05, 3.63) is 34.9 Å². The van der Waals surface area contributed by atoms with Crippen LogP contribution in [0.2, 0.25) is 0 Å². The molecule has 0 radical (unpaired) electrons. The van der Waals surface area contributed by atoms with E-state index in [1.54, 1.807) is 0 Å². The molecule has 1 unspecified atom stereocenters. The van der Waals surface area contributed by atoms with Crippen LogP contribution in [0.1, 0.15) is 49.9 Å². The molecule has 1 heteroatoms. The molecule has 78 valence electrons. The van der Waals surface area contributed by atoms with Crippen LogP contribution in [-0.4, -0.2) is 0 Å². The van der Waals surface area contributed by atoms with Gasteiger partial charge in [0, 0.05) is 6.04 Å². The summed E-state index contributed by atoms with van der Waals surface area (Å²) >= 11 is 0. The molecule has 0 fully saturated rings. The quantitative estimate of drug-likeness (QED) is 0.777. The Balaban J connectivity index is 3.08. The lowest BCUT2D eigenvalue weighted by Crippen LogP contribution is -2.11. The largest absolute Gasteiger partial charge is 0.324 e. The van der Waals surface area contributed by atoms with Gasteiger partial charge >= 0.3 is 0 Å². The molecule has 2 N–H and O–H groups in total. The second kappa shape index (κ2) is 5.16. The van der Waals surface area contributed by atoms with E-state index in [-0.39, 0.29) is 6.04 Å². The summed E-state index contributed by atoms with van der Waals surface area (Å²) in [5.74, 6) is 0. The molecule has 1 aromatic rings. The van der Waals surface area contributed by atoms with Crippen LogP contribution in [0.3, 0.4) is 0 Å². The monoisotopic (exact) mass is 191 g/mol. The van der Waals surface area contributed by atoms with Gasteiger partial charge in [0.2, 0.25) is 0 Å². The molecule has 0 saturated carbocycles. The van der Waals surface area contributed by atoms with Crippen molar-refractivity contribution < 1.29 is 0 Å². The lowest BCUT2D eigenvalue weighted by atomic mass is 9.94. The minimum atomic E-state index is 0.205. The summed E-state index contributed by atoms with van der Waals surface area (Å²) in [7, 11) is 0. The van der Waals surface area contributed by atoms with Gasteiger partial charge in [0.05, 0.1) is 0 Å². The summed E-state index contributed by atoms with van der Waals surface area (Å²) in [6.45, 7) is 6.51. The molecule has 0 aliphatic rings. The molecular formula is C13H21N. The van der Waals surface area contributed by atoms with E-state index in [9.17, 15) is 0 Å². The third-order valence-electron chi connectivity index (χ3n) is 2.84. The van der Waals surface area contributed by atoms with E-state index in [2.05, 4.69) is 39.0 Å². The highest BCUT2D eigenvalue weighted by molar-refractivity contribution is 5.34. The molecule has 0 aromatic heterocycles. The van der Waals surface area contributed by atoms with Gasteiger partial charge in [-0.05, 0) is 36.0 Å². The molecule has 0 saturated heterocycles. The predicted molar refractivity (Wildman–Crippen MR) is 62.4 cm³/mol. The van der Waals surface area contributed by atoms with Crippen LogP contribution in [0.4, 0.5) is 0 Å². The molecular weight excluding hydrogens is 170 g/mol. The summed E-state index contributed by atoms with van der Waals surface area (Å²) in [5.41, 5.74) is 10.2. The Morgan fingerprint density at radius 3 is 2.36 bits per heavy atom. The Morgan fingerprint density at radius 1 is 1.14 bits per heavy atom. The minimum Gasteiger partial charge on any atom is -0.324 e. The lowest BCUT2D eigenvalue weighted by molar-refractivity contribution is 0.688. The fourth-order valence-electron chi connectivity index (χ4n) is 1.75. The van der Waals surface area contributed by atoms with E-state index in [1.165, 1.54) is 16.7 Å². The molecule has 0 spiro atoms. The first-order valence-corrected chi connectivity index (χ1v) is 5.60. The molecule has 0 amide bonds. The fraction of sp³-hybridized carbons (Fsp3) is 0.538. The predicted octanol–water partition coefficient (Wildman–Crippen LogP) is 3.22. The van der Waals surface area contributed by atoms with E-state index in [1.807, 2.05) is 0 Å². The number of aryl methyl sites for hydroxylation is 2. The molecule has 0 heterocycles. The van der Waals surface area contributed by atoms with Gasteiger partial charge in [-0.3, -0.25) is 0 Å². The first-order chi connectivity index (χ1) is 6.72. The Hall–Kier alpha value is -0.820. The number of hydrogen-bond acceptors (Lipinski definition) is 1. The zero-order valence-corrected chi connectivity index (χ0v) is 9.51. The average molecular weight is 191 g/mol. The zero-order chi connectivity index (χ0) is 10.6. The Labute approximate surface area is 87.3 Å². The van der Waals surface area contributed by atoms with Crippen LogP contribution in [0.25, 0.3) is 0 Å². The number of hydrogen-bond donors (Lipinski definition) is 1. The third kappa shape index (κ3) is 2.36. The maximum absolute atomic E-state index is 6.09. The molecule has 0 aliphatic carbocycles. The molecule has 0 bridgehead atoms. The molecule has 1 atom stereocenters. The van der Waals surface area contributed by atoms with E-state index in [0.29, 0.717) is 0 Å². The summed E-state index contributed by atoms with van der Waals surface area (Å²) < 4.78 is 0. The van der Waals surface area contributed by atoms with E-state index in [0.717, 1.165) is 19.3 Å². The van der Waals surface area contributed by atoms with Crippen LogP contribution in [0.15, 0.2) is 18.2 Å². The van der Waals surface area contributed by atoms with Crippen LogP contribution >= 0.6 is 0 Å². The van der Waals surface area contributed by atoms with Gasteiger partial charge in [0.25, 0.3) is 0 Å².